The predicted octanol–water partition coefficient (Wildman–Crippen LogP) is 2.43. The van der Waals surface area contributed by atoms with Gasteiger partial charge in [0, 0.05) is 12.2 Å². The van der Waals surface area contributed by atoms with Crippen molar-refractivity contribution in [3.05, 3.63) is 65.5 Å². The molecule has 0 spiro atoms. The molecule has 0 bridgehead atoms. The third kappa shape index (κ3) is 4.70. The van der Waals surface area contributed by atoms with E-state index in [1.807, 2.05) is 13.0 Å². The van der Waals surface area contributed by atoms with E-state index in [1.54, 1.807) is 30.3 Å². The Kier molecular flexibility index (Phi) is 5.25. The monoisotopic (exact) mass is 300 g/mol. The Labute approximate surface area is 128 Å². The van der Waals surface area contributed by atoms with Crippen LogP contribution in [-0.2, 0) is 16.0 Å². The van der Waals surface area contributed by atoms with E-state index < -0.39 is 11.8 Å². The lowest BCUT2D eigenvalue weighted by atomic mass is 10.1. The summed E-state index contributed by atoms with van der Waals surface area (Å²) in [5, 5.41) is 5.07. The van der Waals surface area contributed by atoms with E-state index in [0.717, 1.165) is 11.1 Å². The molecule has 0 fully saturated rings. The lowest BCUT2D eigenvalue weighted by molar-refractivity contribution is -0.136. The molecule has 0 heterocycles. The Morgan fingerprint density at radius 3 is 2.45 bits per heavy atom. The molecule has 2 aromatic carbocycles. The highest BCUT2D eigenvalue weighted by Crippen LogP contribution is 2.09. The van der Waals surface area contributed by atoms with Crippen molar-refractivity contribution < 1.29 is 14.0 Å². The van der Waals surface area contributed by atoms with Crippen molar-refractivity contribution in [1.29, 1.82) is 0 Å². The molecule has 0 aliphatic carbocycles. The number of benzene rings is 2. The van der Waals surface area contributed by atoms with Crippen LogP contribution in [0.1, 0.15) is 11.1 Å². The molecule has 0 atom stereocenters. The standard InChI is InChI=1S/C17H17FN2O2/c1-12-3-2-4-15(11-12)20-17(22)16(21)19-10-9-13-5-7-14(18)8-6-13/h2-8,11H,9-10H2,1H3,(H,19,21)(H,20,22). The van der Waals surface area contributed by atoms with E-state index in [9.17, 15) is 14.0 Å². The molecule has 114 valence electrons. The molecular formula is C17H17FN2O2. The highest BCUT2D eigenvalue weighted by Gasteiger charge is 2.12. The van der Waals surface area contributed by atoms with Gasteiger partial charge in [-0.25, -0.2) is 4.39 Å². The number of nitrogens with one attached hydrogen (secondary N) is 2. The van der Waals surface area contributed by atoms with Crippen molar-refractivity contribution in [2.24, 2.45) is 0 Å². The second kappa shape index (κ2) is 7.36. The number of hydrogen-bond acceptors (Lipinski definition) is 2. The van der Waals surface area contributed by atoms with Crippen LogP contribution in [0.15, 0.2) is 48.5 Å². The van der Waals surface area contributed by atoms with Crippen LogP contribution in [0.3, 0.4) is 0 Å². The van der Waals surface area contributed by atoms with Gasteiger partial charge in [0.25, 0.3) is 0 Å². The van der Waals surface area contributed by atoms with Crippen molar-refractivity contribution in [3.8, 4) is 0 Å². The maximum absolute atomic E-state index is 12.8. The predicted molar refractivity (Wildman–Crippen MR) is 82.9 cm³/mol. The second-order valence-corrected chi connectivity index (χ2v) is 4.96. The van der Waals surface area contributed by atoms with Crippen molar-refractivity contribution in [2.75, 3.05) is 11.9 Å². The van der Waals surface area contributed by atoms with Crippen LogP contribution in [0.4, 0.5) is 10.1 Å². The van der Waals surface area contributed by atoms with E-state index in [2.05, 4.69) is 10.6 Å². The molecule has 2 N–H and O–H groups in total. The molecule has 0 radical (unpaired) electrons. The van der Waals surface area contributed by atoms with Crippen LogP contribution < -0.4 is 10.6 Å². The van der Waals surface area contributed by atoms with Gasteiger partial charge in [-0.3, -0.25) is 9.59 Å². The largest absolute Gasteiger partial charge is 0.347 e. The summed E-state index contributed by atoms with van der Waals surface area (Å²) in [6.45, 7) is 2.21. The summed E-state index contributed by atoms with van der Waals surface area (Å²) in [4.78, 5) is 23.4. The van der Waals surface area contributed by atoms with Crippen molar-refractivity contribution in [2.45, 2.75) is 13.3 Å². The summed E-state index contributed by atoms with van der Waals surface area (Å²) in [5.74, 6) is -1.70. The maximum Gasteiger partial charge on any atom is 0.313 e. The van der Waals surface area contributed by atoms with Gasteiger partial charge in [0.1, 0.15) is 5.82 Å². The van der Waals surface area contributed by atoms with Crippen LogP contribution in [0.25, 0.3) is 0 Å². The molecule has 2 amide bonds. The van der Waals surface area contributed by atoms with Gasteiger partial charge in [-0.05, 0) is 48.7 Å². The molecule has 0 aliphatic heterocycles. The van der Waals surface area contributed by atoms with Crippen LogP contribution >= 0.6 is 0 Å². The Morgan fingerprint density at radius 2 is 1.77 bits per heavy atom. The first-order chi connectivity index (χ1) is 10.5. The zero-order valence-electron chi connectivity index (χ0n) is 12.2. The molecule has 2 aromatic rings. The van der Waals surface area contributed by atoms with Gasteiger partial charge in [0.2, 0.25) is 0 Å². The van der Waals surface area contributed by atoms with E-state index in [0.29, 0.717) is 18.7 Å². The molecule has 5 heteroatoms. The topological polar surface area (TPSA) is 58.2 Å². The molecule has 0 aromatic heterocycles. The number of aryl methyl sites for hydroxylation is 1. The quantitative estimate of drug-likeness (QED) is 0.852. The molecule has 0 unspecified atom stereocenters. The zero-order chi connectivity index (χ0) is 15.9. The minimum Gasteiger partial charge on any atom is -0.347 e. The number of anilines is 1. The molecule has 22 heavy (non-hydrogen) atoms. The minimum absolute atomic E-state index is 0.301. The smallest absolute Gasteiger partial charge is 0.313 e. The number of halogens is 1. The second-order valence-electron chi connectivity index (χ2n) is 4.96. The Balaban J connectivity index is 1.79. The zero-order valence-corrected chi connectivity index (χ0v) is 12.2. The summed E-state index contributed by atoms with van der Waals surface area (Å²) < 4.78 is 12.8. The third-order valence-electron chi connectivity index (χ3n) is 3.09. The highest BCUT2D eigenvalue weighted by atomic mass is 19.1. The van der Waals surface area contributed by atoms with Gasteiger partial charge in [0.15, 0.2) is 0 Å². The summed E-state index contributed by atoms with van der Waals surface area (Å²) in [5.41, 5.74) is 2.47. The first kappa shape index (κ1) is 15.7. The van der Waals surface area contributed by atoms with Gasteiger partial charge >= 0.3 is 11.8 Å². The van der Waals surface area contributed by atoms with Gasteiger partial charge in [-0.2, -0.15) is 0 Å². The lowest BCUT2D eigenvalue weighted by Crippen LogP contribution is -2.36. The average Bonchev–Trinajstić information content (AvgIpc) is 2.49. The van der Waals surface area contributed by atoms with Crippen LogP contribution in [0, 0.1) is 12.7 Å². The molecule has 0 saturated heterocycles. The number of carbonyl (C=O) groups is 2. The fourth-order valence-electron chi connectivity index (χ4n) is 1.96. The molecule has 0 saturated carbocycles. The average molecular weight is 300 g/mol. The summed E-state index contributed by atoms with van der Waals surface area (Å²) >= 11 is 0. The van der Waals surface area contributed by atoms with Crippen LogP contribution in [-0.4, -0.2) is 18.4 Å². The molecule has 4 nitrogen and oxygen atoms in total. The SMILES string of the molecule is Cc1cccc(NC(=O)C(=O)NCCc2ccc(F)cc2)c1. The van der Waals surface area contributed by atoms with Gasteiger partial charge in [-0.1, -0.05) is 24.3 Å². The van der Waals surface area contributed by atoms with Crippen LogP contribution in [0.5, 0.6) is 0 Å². The fraction of sp³-hybridized carbons (Fsp3) is 0.176. The maximum atomic E-state index is 12.8. The van der Waals surface area contributed by atoms with Crippen molar-refractivity contribution >= 4 is 17.5 Å². The van der Waals surface area contributed by atoms with E-state index in [1.165, 1.54) is 12.1 Å². The van der Waals surface area contributed by atoms with E-state index in [-0.39, 0.29) is 5.82 Å². The Morgan fingerprint density at radius 1 is 1.05 bits per heavy atom. The van der Waals surface area contributed by atoms with E-state index in [4.69, 9.17) is 0 Å². The minimum atomic E-state index is -0.704. The van der Waals surface area contributed by atoms with Crippen molar-refractivity contribution in [3.63, 3.8) is 0 Å². The van der Waals surface area contributed by atoms with Gasteiger partial charge < -0.3 is 10.6 Å². The fourth-order valence-corrected chi connectivity index (χ4v) is 1.96. The van der Waals surface area contributed by atoms with Crippen LogP contribution in [0.2, 0.25) is 0 Å². The molecule has 2 rings (SSSR count). The van der Waals surface area contributed by atoms with E-state index >= 15 is 0 Å². The number of carbonyl (C=O) groups excluding carboxylic acids is 2. The Bertz CT molecular complexity index is 669. The first-order valence-corrected chi connectivity index (χ1v) is 6.95. The number of rotatable bonds is 4. The van der Waals surface area contributed by atoms with Crippen molar-refractivity contribution in [1.82, 2.24) is 5.32 Å². The summed E-state index contributed by atoms with van der Waals surface area (Å²) in [6.07, 6.45) is 0.531. The molecule has 0 aliphatic rings. The highest BCUT2D eigenvalue weighted by molar-refractivity contribution is 6.39. The molecular weight excluding hydrogens is 283 g/mol. The first-order valence-electron chi connectivity index (χ1n) is 6.95. The van der Waals surface area contributed by atoms with Gasteiger partial charge in [0.05, 0.1) is 0 Å². The third-order valence-corrected chi connectivity index (χ3v) is 3.09. The number of amides is 2. The van der Waals surface area contributed by atoms with Gasteiger partial charge in [-0.15, -0.1) is 0 Å². The Hall–Kier alpha value is -2.69. The summed E-state index contributed by atoms with van der Waals surface area (Å²) in [6, 6.07) is 13.2. The number of hydrogen-bond donors (Lipinski definition) is 2. The summed E-state index contributed by atoms with van der Waals surface area (Å²) in [7, 11) is 0. The lowest BCUT2D eigenvalue weighted by Gasteiger charge is -2.07. The normalized spacial score (nSPS) is 10.1.